The Morgan fingerprint density at radius 3 is 2.50 bits per heavy atom. The van der Waals surface area contributed by atoms with Gasteiger partial charge in [-0.25, -0.2) is 0 Å². The fourth-order valence-electron chi connectivity index (χ4n) is 1.70. The van der Waals surface area contributed by atoms with E-state index in [0.717, 1.165) is 16.6 Å². The van der Waals surface area contributed by atoms with Gasteiger partial charge in [-0.1, -0.05) is 39.7 Å². The maximum atomic E-state index is 6.15. The Labute approximate surface area is 121 Å². The van der Waals surface area contributed by atoms with E-state index in [9.17, 15) is 0 Å². The van der Waals surface area contributed by atoms with Gasteiger partial charge in [0, 0.05) is 5.33 Å². The maximum Gasteiger partial charge on any atom is 0.146 e. The van der Waals surface area contributed by atoms with Crippen LogP contribution in [0.2, 0.25) is 5.02 Å². The SMILES string of the molecule is Cc1ccc(Oc2ccc(CBr)c(C)c2)c(Cl)c1. The van der Waals surface area contributed by atoms with E-state index < -0.39 is 0 Å². The largest absolute Gasteiger partial charge is 0.456 e. The molecule has 0 heterocycles. The van der Waals surface area contributed by atoms with Crippen molar-refractivity contribution in [1.29, 1.82) is 0 Å². The number of benzene rings is 2. The molecule has 0 aliphatic carbocycles. The van der Waals surface area contributed by atoms with Crippen molar-refractivity contribution in [2.45, 2.75) is 19.2 Å². The van der Waals surface area contributed by atoms with Crippen LogP contribution >= 0.6 is 27.5 Å². The molecule has 2 aromatic rings. The van der Waals surface area contributed by atoms with Crippen LogP contribution in [-0.2, 0) is 5.33 Å². The Kier molecular flexibility index (Phi) is 4.31. The van der Waals surface area contributed by atoms with Crippen molar-refractivity contribution >= 4 is 27.5 Å². The van der Waals surface area contributed by atoms with Crippen molar-refractivity contribution in [2.24, 2.45) is 0 Å². The van der Waals surface area contributed by atoms with Gasteiger partial charge >= 0.3 is 0 Å². The van der Waals surface area contributed by atoms with Gasteiger partial charge in [-0.3, -0.25) is 0 Å². The van der Waals surface area contributed by atoms with Crippen LogP contribution in [0.25, 0.3) is 0 Å². The van der Waals surface area contributed by atoms with E-state index in [1.807, 2.05) is 37.3 Å². The fraction of sp³-hybridized carbons (Fsp3) is 0.200. The normalized spacial score (nSPS) is 10.4. The smallest absolute Gasteiger partial charge is 0.146 e. The summed E-state index contributed by atoms with van der Waals surface area (Å²) in [5.74, 6) is 1.50. The van der Waals surface area contributed by atoms with E-state index in [2.05, 4.69) is 28.9 Å². The van der Waals surface area contributed by atoms with E-state index in [4.69, 9.17) is 16.3 Å². The second kappa shape index (κ2) is 5.77. The van der Waals surface area contributed by atoms with Crippen LogP contribution in [0.3, 0.4) is 0 Å². The Balaban J connectivity index is 2.26. The summed E-state index contributed by atoms with van der Waals surface area (Å²) in [6.07, 6.45) is 0. The van der Waals surface area contributed by atoms with Crippen LogP contribution < -0.4 is 4.74 Å². The number of hydrogen-bond donors (Lipinski definition) is 0. The molecule has 0 radical (unpaired) electrons. The molecule has 0 aliphatic heterocycles. The molecular formula is C15H14BrClO. The predicted molar refractivity (Wildman–Crippen MR) is 80.1 cm³/mol. The average Bonchev–Trinajstić information content (AvgIpc) is 2.33. The van der Waals surface area contributed by atoms with Crippen molar-refractivity contribution < 1.29 is 4.74 Å². The van der Waals surface area contributed by atoms with E-state index in [1.54, 1.807) is 0 Å². The third-order valence-corrected chi connectivity index (χ3v) is 3.67. The molecule has 0 saturated carbocycles. The van der Waals surface area contributed by atoms with Crippen LogP contribution in [0.4, 0.5) is 0 Å². The summed E-state index contributed by atoms with van der Waals surface area (Å²) in [6, 6.07) is 11.8. The molecule has 0 saturated heterocycles. The summed E-state index contributed by atoms with van der Waals surface area (Å²) in [5, 5.41) is 1.49. The molecule has 0 aliphatic rings. The van der Waals surface area contributed by atoms with Crippen LogP contribution in [0.15, 0.2) is 36.4 Å². The molecule has 0 amide bonds. The summed E-state index contributed by atoms with van der Waals surface area (Å²) in [5.41, 5.74) is 3.59. The average molecular weight is 326 g/mol. The molecule has 94 valence electrons. The van der Waals surface area contributed by atoms with Crippen molar-refractivity contribution in [3.05, 3.63) is 58.1 Å². The first-order valence-electron chi connectivity index (χ1n) is 5.69. The monoisotopic (exact) mass is 324 g/mol. The quantitative estimate of drug-likeness (QED) is 0.663. The van der Waals surface area contributed by atoms with Crippen molar-refractivity contribution in [2.75, 3.05) is 0 Å². The van der Waals surface area contributed by atoms with Crippen LogP contribution in [0, 0.1) is 13.8 Å². The summed E-state index contributed by atoms with van der Waals surface area (Å²) in [7, 11) is 0. The molecule has 0 unspecified atom stereocenters. The number of halogens is 2. The number of rotatable bonds is 3. The summed E-state index contributed by atoms with van der Waals surface area (Å²) >= 11 is 9.60. The first-order chi connectivity index (χ1) is 8.60. The lowest BCUT2D eigenvalue weighted by Crippen LogP contribution is -1.89. The minimum atomic E-state index is 0.636. The van der Waals surface area contributed by atoms with E-state index in [-0.39, 0.29) is 0 Å². The minimum Gasteiger partial charge on any atom is -0.456 e. The van der Waals surface area contributed by atoms with Gasteiger partial charge in [-0.05, 0) is 54.8 Å². The van der Waals surface area contributed by atoms with E-state index in [1.165, 1.54) is 11.1 Å². The van der Waals surface area contributed by atoms with Gasteiger partial charge < -0.3 is 4.74 Å². The topological polar surface area (TPSA) is 9.23 Å². The number of alkyl halides is 1. The summed E-state index contributed by atoms with van der Waals surface area (Å²) in [6.45, 7) is 4.07. The number of hydrogen-bond acceptors (Lipinski definition) is 1. The van der Waals surface area contributed by atoms with E-state index in [0.29, 0.717) is 10.8 Å². The highest BCUT2D eigenvalue weighted by molar-refractivity contribution is 9.08. The molecule has 2 rings (SSSR count). The van der Waals surface area contributed by atoms with Gasteiger partial charge in [-0.15, -0.1) is 0 Å². The van der Waals surface area contributed by atoms with Crippen molar-refractivity contribution in [3.63, 3.8) is 0 Å². The first-order valence-corrected chi connectivity index (χ1v) is 7.19. The van der Waals surface area contributed by atoms with Gasteiger partial charge in [0.05, 0.1) is 5.02 Å². The van der Waals surface area contributed by atoms with Crippen LogP contribution in [-0.4, -0.2) is 0 Å². The zero-order valence-electron chi connectivity index (χ0n) is 10.3. The Hall–Kier alpha value is -0.990. The molecular weight excluding hydrogens is 312 g/mol. The lowest BCUT2D eigenvalue weighted by Gasteiger charge is -2.10. The number of aryl methyl sites for hydroxylation is 2. The molecule has 1 nitrogen and oxygen atoms in total. The Bertz CT molecular complexity index is 566. The van der Waals surface area contributed by atoms with Crippen LogP contribution in [0.5, 0.6) is 11.5 Å². The third-order valence-electron chi connectivity index (χ3n) is 2.77. The molecule has 0 bridgehead atoms. The molecule has 18 heavy (non-hydrogen) atoms. The first kappa shape index (κ1) is 13.4. The maximum absolute atomic E-state index is 6.15. The fourth-order valence-corrected chi connectivity index (χ4v) is 2.60. The highest BCUT2D eigenvalue weighted by Gasteiger charge is 2.05. The highest BCUT2D eigenvalue weighted by atomic mass is 79.9. The molecule has 3 heteroatoms. The molecule has 0 aromatic heterocycles. The molecule has 0 spiro atoms. The zero-order valence-corrected chi connectivity index (χ0v) is 12.7. The lowest BCUT2D eigenvalue weighted by molar-refractivity contribution is 0.482. The van der Waals surface area contributed by atoms with Crippen molar-refractivity contribution in [1.82, 2.24) is 0 Å². The minimum absolute atomic E-state index is 0.636. The molecule has 0 N–H and O–H groups in total. The molecule has 0 fully saturated rings. The predicted octanol–water partition coefficient (Wildman–Crippen LogP) is 5.64. The van der Waals surface area contributed by atoms with Crippen LogP contribution in [0.1, 0.15) is 16.7 Å². The van der Waals surface area contributed by atoms with Gasteiger partial charge in [-0.2, -0.15) is 0 Å². The molecule has 0 atom stereocenters. The van der Waals surface area contributed by atoms with Gasteiger partial charge in [0.15, 0.2) is 0 Å². The summed E-state index contributed by atoms with van der Waals surface area (Å²) < 4.78 is 5.80. The number of ether oxygens (including phenoxy) is 1. The standard InChI is InChI=1S/C15H14BrClO/c1-10-3-6-15(14(17)7-10)18-13-5-4-12(9-16)11(2)8-13/h3-8H,9H2,1-2H3. The summed E-state index contributed by atoms with van der Waals surface area (Å²) in [4.78, 5) is 0. The lowest BCUT2D eigenvalue weighted by atomic mass is 10.1. The van der Waals surface area contributed by atoms with E-state index >= 15 is 0 Å². The zero-order chi connectivity index (χ0) is 13.1. The van der Waals surface area contributed by atoms with Gasteiger partial charge in [0.25, 0.3) is 0 Å². The Morgan fingerprint density at radius 1 is 1.11 bits per heavy atom. The third kappa shape index (κ3) is 3.06. The van der Waals surface area contributed by atoms with Gasteiger partial charge in [0.2, 0.25) is 0 Å². The Morgan fingerprint density at radius 2 is 1.89 bits per heavy atom. The van der Waals surface area contributed by atoms with Gasteiger partial charge in [0.1, 0.15) is 11.5 Å². The second-order valence-corrected chi connectivity index (χ2v) is 5.23. The molecule has 2 aromatic carbocycles. The highest BCUT2D eigenvalue weighted by Crippen LogP contribution is 2.31. The van der Waals surface area contributed by atoms with Crippen molar-refractivity contribution in [3.8, 4) is 11.5 Å². The second-order valence-electron chi connectivity index (χ2n) is 4.26.